The van der Waals surface area contributed by atoms with E-state index in [4.69, 9.17) is 0 Å². The molecule has 0 radical (unpaired) electrons. The first-order chi connectivity index (χ1) is 14.8. The number of hydrogen-bond acceptors (Lipinski definition) is 3. The lowest BCUT2D eigenvalue weighted by Gasteiger charge is -2.28. The maximum atomic E-state index is 12.8. The number of hydrogen-bond donors (Lipinski definition) is 1. The van der Waals surface area contributed by atoms with Gasteiger partial charge in [0.15, 0.2) is 0 Å². The van der Waals surface area contributed by atoms with Crippen LogP contribution >= 0.6 is 0 Å². The molecule has 4 rings (SSSR count). The van der Waals surface area contributed by atoms with E-state index in [0.717, 1.165) is 60.3 Å². The number of aryl methyl sites for hydroxylation is 1. The molecule has 31 heavy (non-hydrogen) atoms. The molecule has 0 unspecified atom stereocenters. The van der Waals surface area contributed by atoms with E-state index in [1.807, 2.05) is 11.8 Å². The van der Waals surface area contributed by atoms with Crippen LogP contribution in [0.4, 0.5) is 0 Å². The van der Waals surface area contributed by atoms with Crippen molar-refractivity contribution in [1.29, 1.82) is 0 Å². The van der Waals surface area contributed by atoms with Gasteiger partial charge in [0.05, 0.1) is 13.0 Å². The number of benzene rings is 2. The SMILES string of the molecule is Cc1ccc(-c2c(C)c3c(c(C)c2CC(=O)O)CN(CC(=O)N2CCCCC2)C3)cc1. The lowest BCUT2D eigenvalue weighted by atomic mass is 9.84. The van der Waals surface area contributed by atoms with Crippen LogP contribution < -0.4 is 0 Å². The van der Waals surface area contributed by atoms with Crippen molar-refractivity contribution in [2.24, 2.45) is 0 Å². The summed E-state index contributed by atoms with van der Waals surface area (Å²) in [6, 6.07) is 8.32. The van der Waals surface area contributed by atoms with Gasteiger partial charge in [0.1, 0.15) is 0 Å². The van der Waals surface area contributed by atoms with Gasteiger partial charge < -0.3 is 10.0 Å². The Kier molecular flexibility index (Phi) is 6.15. The Balaban J connectivity index is 1.67. The van der Waals surface area contributed by atoms with E-state index in [1.165, 1.54) is 23.1 Å². The fourth-order valence-corrected chi connectivity index (χ4v) is 5.16. The predicted molar refractivity (Wildman–Crippen MR) is 122 cm³/mol. The van der Waals surface area contributed by atoms with Crippen LogP contribution in [0.2, 0.25) is 0 Å². The average Bonchev–Trinajstić information content (AvgIpc) is 3.18. The predicted octanol–water partition coefficient (Wildman–Crippen LogP) is 4.23. The Morgan fingerprint density at radius 1 is 0.903 bits per heavy atom. The van der Waals surface area contributed by atoms with Gasteiger partial charge in [-0.05, 0) is 79.0 Å². The summed E-state index contributed by atoms with van der Waals surface area (Å²) in [5.74, 6) is -0.599. The molecule has 2 aliphatic heterocycles. The van der Waals surface area contributed by atoms with Gasteiger partial charge in [-0.1, -0.05) is 29.8 Å². The zero-order valence-electron chi connectivity index (χ0n) is 18.8. The normalized spacial score (nSPS) is 16.4. The highest BCUT2D eigenvalue weighted by atomic mass is 16.4. The Hall–Kier alpha value is -2.66. The second kappa shape index (κ2) is 8.83. The number of nitrogens with zero attached hydrogens (tertiary/aromatic N) is 2. The molecular formula is C26H32N2O3. The molecule has 2 aromatic carbocycles. The summed E-state index contributed by atoms with van der Waals surface area (Å²) in [5.41, 5.74) is 8.86. The van der Waals surface area contributed by atoms with E-state index in [9.17, 15) is 14.7 Å². The molecule has 164 valence electrons. The van der Waals surface area contributed by atoms with Crippen molar-refractivity contribution in [1.82, 2.24) is 9.80 Å². The second-order valence-electron chi connectivity index (χ2n) is 9.08. The molecule has 2 aromatic rings. The van der Waals surface area contributed by atoms with Crippen molar-refractivity contribution in [3.8, 4) is 11.1 Å². The monoisotopic (exact) mass is 420 g/mol. The molecule has 0 aliphatic carbocycles. The number of piperidine rings is 1. The summed E-state index contributed by atoms with van der Waals surface area (Å²) in [7, 11) is 0. The van der Waals surface area contributed by atoms with Gasteiger partial charge in [-0.3, -0.25) is 14.5 Å². The van der Waals surface area contributed by atoms with Crippen LogP contribution in [0, 0.1) is 20.8 Å². The van der Waals surface area contributed by atoms with Gasteiger partial charge in [-0.15, -0.1) is 0 Å². The van der Waals surface area contributed by atoms with E-state index in [0.29, 0.717) is 13.1 Å². The molecule has 0 saturated carbocycles. The minimum absolute atomic E-state index is 0.00979. The Morgan fingerprint density at radius 3 is 2.13 bits per heavy atom. The Bertz CT molecular complexity index is 1000. The number of fused-ring (bicyclic) bond motifs is 1. The maximum Gasteiger partial charge on any atom is 0.307 e. The number of aliphatic carboxylic acids is 1. The molecule has 0 aromatic heterocycles. The van der Waals surface area contributed by atoms with Crippen molar-refractivity contribution in [3.05, 3.63) is 57.6 Å². The minimum Gasteiger partial charge on any atom is -0.481 e. The first-order valence-corrected chi connectivity index (χ1v) is 11.3. The number of likely N-dealkylation sites (tertiary alicyclic amines) is 1. The molecule has 5 nitrogen and oxygen atoms in total. The van der Waals surface area contributed by atoms with Crippen LogP contribution in [-0.4, -0.2) is 46.4 Å². The molecule has 2 aliphatic rings. The first-order valence-electron chi connectivity index (χ1n) is 11.3. The van der Waals surface area contributed by atoms with Crippen LogP contribution in [0.5, 0.6) is 0 Å². The minimum atomic E-state index is -0.814. The van der Waals surface area contributed by atoms with Crippen molar-refractivity contribution in [2.75, 3.05) is 19.6 Å². The molecular weight excluding hydrogens is 388 g/mol. The van der Waals surface area contributed by atoms with Crippen molar-refractivity contribution >= 4 is 11.9 Å². The number of carbonyl (C=O) groups excluding carboxylic acids is 1. The van der Waals surface area contributed by atoms with Gasteiger partial charge in [0.2, 0.25) is 5.91 Å². The fraction of sp³-hybridized carbons (Fsp3) is 0.462. The summed E-state index contributed by atoms with van der Waals surface area (Å²) < 4.78 is 0. The Labute approximate surface area is 184 Å². The number of carbonyl (C=O) groups is 2. The standard InChI is InChI=1S/C26H32N2O3/c1-17-7-9-20(10-8-17)26-19(3)23-15-27(16-24(29)28-11-5-4-6-12-28)14-22(23)18(2)21(26)13-25(30)31/h7-10H,4-6,11-16H2,1-3H3,(H,30,31). The fourth-order valence-electron chi connectivity index (χ4n) is 5.16. The van der Waals surface area contributed by atoms with Crippen LogP contribution in [0.25, 0.3) is 11.1 Å². The van der Waals surface area contributed by atoms with Gasteiger partial charge in [0, 0.05) is 26.2 Å². The largest absolute Gasteiger partial charge is 0.481 e. The third-order valence-corrected chi connectivity index (χ3v) is 6.90. The quantitative estimate of drug-likeness (QED) is 0.786. The number of carboxylic acids is 1. The van der Waals surface area contributed by atoms with Gasteiger partial charge >= 0.3 is 5.97 Å². The summed E-state index contributed by atoms with van der Waals surface area (Å²) in [6.07, 6.45) is 3.42. The first kappa shape index (κ1) is 21.6. The number of carboxylic acid groups (broad SMARTS) is 1. The molecule has 0 bridgehead atoms. The van der Waals surface area contributed by atoms with Crippen molar-refractivity contribution in [3.63, 3.8) is 0 Å². The number of amides is 1. The van der Waals surface area contributed by atoms with E-state index >= 15 is 0 Å². The zero-order valence-corrected chi connectivity index (χ0v) is 18.8. The highest BCUT2D eigenvalue weighted by molar-refractivity contribution is 5.82. The van der Waals surface area contributed by atoms with Gasteiger partial charge in [-0.25, -0.2) is 0 Å². The third kappa shape index (κ3) is 4.38. The topological polar surface area (TPSA) is 60.9 Å². The number of rotatable bonds is 5. The lowest BCUT2D eigenvalue weighted by Crippen LogP contribution is -2.41. The Morgan fingerprint density at radius 2 is 1.52 bits per heavy atom. The van der Waals surface area contributed by atoms with Crippen LogP contribution in [0.3, 0.4) is 0 Å². The zero-order chi connectivity index (χ0) is 22.1. The molecule has 1 fully saturated rings. The molecule has 5 heteroatoms. The molecule has 0 atom stereocenters. The average molecular weight is 421 g/mol. The van der Waals surface area contributed by atoms with Crippen LogP contribution in [0.1, 0.15) is 52.6 Å². The van der Waals surface area contributed by atoms with Gasteiger partial charge in [0.25, 0.3) is 0 Å². The highest BCUT2D eigenvalue weighted by Crippen LogP contribution is 2.39. The van der Waals surface area contributed by atoms with Crippen LogP contribution in [0.15, 0.2) is 24.3 Å². The van der Waals surface area contributed by atoms with Crippen molar-refractivity contribution in [2.45, 2.75) is 59.5 Å². The molecule has 2 heterocycles. The maximum absolute atomic E-state index is 12.8. The van der Waals surface area contributed by atoms with E-state index < -0.39 is 5.97 Å². The molecule has 1 N–H and O–H groups in total. The summed E-state index contributed by atoms with van der Waals surface area (Å²) in [5, 5.41) is 9.60. The summed E-state index contributed by atoms with van der Waals surface area (Å²) in [6.45, 7) is 9.84. The summed E-state index contributed by atoms with van der Waals surface area (Å²) in [4.78, 5) is 28.7. The summed E-state index contributed by atoms with van der Waals surface area (Å²) >= 11 is 0. The highest BCUT2D eigenvalue weighted by Gasteiger charge is 2.30. The molecule has 0 spiro atoms. The smallest absolute Gasteiger partial charge is 0.307 e. The van der Waals surface area contributed by atoms with E-state index in [1.54, 1.807) is 0 Å². The van der Waals surface area contributed by atoms with Gasteiger partial charge in [-0.2, -0.15) is 0 Å². The van der Waals surface area contributed by atoms with Crippen LogP contribution in [-0.2, 0) is 29.1 Å². The third-order valence-electron chi connectivity index (χ3n) is 6.90. The van der Waals surface area contributed by atoms with Crippen molar-refractivity contribution < 1.29 is 14.7 Å². The van der Waals surface area contributed by atoms with E-state index in [2.05, 4.69) is 43.0 Å². The molecule has 1 amide bonds. The van der Waals surface area contributed by atoms with E-state index in [-0.39, 0.29) is 12.3 Å². The second-order valence-corrected chi connectivity index (χ2v) is 9.08. The molecule has 1 saturated heterocycles. The lowest BCUT2D eigenvalue weighted by molar-refractivity contribution is -0.136.